The number of amides is 1. The van der Waals surface area contributed by atoms with Gasteiger partial charge in [-0.05, 0) is 32.4 Å². The third-order valence-electron chi connectivity index (χ3n) is 4.30. The number of carbonyl (C=O) groups is 1. The van der Waals surface area contributed by atoms with Gasteiger partial charge in [-0.3, -0.25) is 4.79 Å². The van der Waals surface area contributed by atoms with E-state index in [1.165, 1.54) is 0 Å². The lowest BCUT2D eigenvalue weighted by molar-refractivity contribution is -0.120. The molecule has 4 nitrogen and oxygen atoms in total. The Balaban J connectivity index is 1.43. The van der Waals surface area contributed by atoms with Crippen molar-refractivity contribution in [3.05, 3.63) is 59.2 Å². The first-order valence-electron chi connectivity index (χ1n) is 9.15. The van der Waals surface area contributed by atoms with Crippen molar-refractivity contribution in [2.45, 2.75) is 39.2 Å². The Bertz CT molecular complexity index is 890. The molecule has 0 unspecified atom stereocenters. The number of hydrogen-bond donors (Lipinski definition) is 1. The maximum absolute atomic E-state index is 11.9. The molecule has 0 radical (unpaired) electrons. The van der Waals surface area contributed by atoms with E-state index in [0.717, 1.165) is 34.6 Å². The van der Waals surface area contributed by atoms with Crippen molar-refractivity contribution < 1.29 is 14.3 Å². The van der Waals surface area contributed by atoms with Crippen LogP contribution in [0.25, 0.3) is 0 Å². The Morgan fingerprint density at radius 2 is 2.04 bits per heavy atom. The van der Waals surface area contributed by atoms with Crippen molar-refractivity contribution in [2.24, 2.45) is 0 Å². The molecule has 2 aromatic rings. The SMILES string of the molecule is Cc1cccc(CC(=O)NCC#CCOc2cccc3c2OC(C)(C)C3)c1. The van der Waals surface area contributed by atoms with Crippen molar-refractivity contribution in [3.63, 3.8) is 0 Å². The van der Waals surface area contributed by atoms with Crippen molar-refractivity contribution in [1.29, 1.82) is 0 Å². The number of fused-ring (bicyclic) bond motifs is 1. The predicted molar refractivity (Wildman–Crippen MR) is 106 cm³/mol. The van der Waals surface area contributed by atoms with Crippen LogP contribution < -0.4 is 14.8 Å². The maximum atomic E-state index is 11.9. The molecule has 1 amide bonds. The van der Waals surface area contributed by atoms with E-state index in [1.807, 2.05) is 43.3 Å². The van der Waals surface area contributed by atoms with E-state index < -0.39 is 0 Å². The van der Waals surface area contributed by atoms with E-state index in [9.17, 15) is 4.79 Å². The average Bonchev–Trinajstić information content (AvgIpc) is 2.92. The highest BCUT2D eigenvalue weighted by Crippen LogP contribution is 2.41. The van der Waals surface area contributed by atoms with Gasteiger partial charge in [-0.2, -0.15) is 0 Å². The zero-order valence-electron chi connectivity index (χ0n) is 16.1. The second-order valence-electron chi connectivity index (χ2n) is 7.37. The van der Waals surface area contributed by atoms with Gasteiger partial charge in [0.25, 0.3) is 0 Å². The van der Waals surface area contributed by atoms with Crippen LogP contribution in [0, 0.1) is 18.8 Å². The first-order chi connectivity index (χ1) is 12.9. The molecule has 1 N–H and O–H groups in total. The van der Waals surface area contributed by atoms with Gasteiger partial charge < -0.3 is 14.8 Å². The Hall–Kier alpha value is -2.93. The fourth-order valence-corrected chi connectivity index (χ4v) is 3.14. The second-order valence-corrected chi connectivity index (χ2v) is 7.37. The van der Waals surface area contributed by atoms with Gasteiger partial charge in [0.15, 0.2) is 11.5 Å². The molecule has 0 bridgehead atoms. The standard InChI is InChI=1S/C23H25NO3/c1-17-8-6-9-18(14-17)15-21(25)24-12-4-5-13-26-20-11-7-10-19-16-23(2,3)27-22(19)20/h6-11,14H,12-13,15-16H2,1-3H3,(H,24,25). The first-order valence-corrected chi connectivity index (χ1v) is 9.15. The summed E-state index contributed by atoms with van der Waals surface area (Å²) in [5.41, 5.74) is 3.12. The van der Waals surface area contributed by atoms with Crippen LogP contribution in [0.4, 0.5) is 0 Å². The monoisotopic (exact) mass is 363 g/mol. The van der Waals surface area contributed by atoms with Gasteiger partial charge in [-0.25, -0.2) is 0 Å². The molecule has 140 valence electrons. The van der Waals surface area contributed by atoms with E-state index in [-0.39, 0.29) is 18.1 Å². The molecule has 0 spiro atoms. The summed E-state index contributed by atoms with van der Waals surface area (Å²) < 4.78 is 11.7. The number of rotatable bonds is 5. The van der Waals surface area contributed by atoms with Gasteiger partial charge in [0.1, 0.15) is 12.2 Å². The van der Waals surface area contributed by atoms with Gasteiger partial charge >= 0.3 is 0 Å². The van der Waals surface area contributed by atoms with Crippen molar-refractivity contribution >= 4 is 5.91 Å². The number of ether oxygens (including phenoxy) is 2. The van der Waals surface area contributed by atoms with Crippen molar-refractivity contribution in [1.82, 2.24) is 5.32 Å². The molecule has 1 heterocycles. The topological polar surface area (TPSA) is 47.6 Å². The molecule has 27 heavy (non-hydrogen) atoms. The quantitative estimate of drug-likeness (QED) is 0.828. The van der Waals surface area contributed by atoms with Crippen LogP contribution in [0.2, 0.25) is 0 Å². The van der Waals surface area contributed by atoms with E-state index in [2.05, 4.69) is 37.1 Å². The number of hydrogen-bond acceptors (Lipinski definition) is 3. The van der Waals surface area contributed by atoms with E-state index in [0.29, 0.717) is 13.0 Å². The smallest absolute Gasteiger partial charge is 0.225 e. The lowest BCUT2D eigenvalue weighted by Crippen LogP contribution is -2.25. The molecular formula is C23H25NO3. The number of para-hydroxylation sites is 1. The van der Waals surface area contributed by atoms with Crippen LogP contribution >= 0.6 is 0 Å². The summed E-state index contributed by atoms with van der Waals surface area (Å²) in [5.74, 6) is 7.35. The van der Waals surface area contributed by atoms with Gasteiger partial charge in [-0.1, -0.05) is 53.8 Å². The Morgan fingerprint density at radius 3 is 2.85 bits per heavy atom. The van der Waals surface area contributed by atoms with Crippen LogP contribution in [0.3, 0.4) is 0 Å². The van der Waals surface area contributed by atoms with Gasteiger partial charge in [0, 0.05) is 12.0 Å². The highest BCUT2D eigenvalue weighted by Gasteiger charge is 2.32. The summed E-state index contributed by atoms with van der Waals surface area (Å²) in [4.78, 5) is 11.9. The number of nitrogens with one attached hydrogen (secondary N) is 1. The number of aryl methyl sites for hydroxylation is 1. The summed E-state index contributed by atoms with van der Waals surface area (Å²) in [5, 5.41) is 2.81. The maximum Gasteiger partial charge on any atom is 0.225 e. The van der Waals surface area contributed by atoms with E-state index in [4.69, 9.17) is 9.47 Å². The third-order valence-corrected chi connectivity index (χ3v) is 4.30. The molecule has 1 aliphatic heterocycles. The molecule has 0 fully saturated rings. The van der Waals surface area contributed by atoms with Crippen molar-refractivity contribution in [3.8, 4) is 23.3 Å². The zero-order chi connectivity index (χ0) is 19.3. The highest BCUT2D eigenvalue weighted by molar-refractivity contribution is 5.78. The molecule has 0 aliphatic carbocycles. The molecule has 2 aromatic carbocycles. The molecule has 0 saturated heterocycles. The van der Waals surface area contributed by atoms with Gasteiger partial charge in [-0.15, -0.1) is 0 Å². The Morgan fingerprint density at radius 1 is 1.22 bits per heavy atom. The fraction of sp³-hybridized carbons (Fsp3) is 0.348. The summed E-state index contributed by atoms with van der Waals surface area (Å²) in [6.07, 6.45) is 1.24. The minimum atomic E-state index is -0.199. The highest BCUT2D eigenvalue weighted by atomic mass is 16.5. The number of carbonyl (C=O) groups excluding carboxylic acids is 1. The molecule has 3 rings (SSSR count). The molecule has 0 aromatic heterocycles. The molecule has 0 saturated carbocycles. The normalized spacial score (nSPS) is 13.7. The van der Waals surface area contributed by atoms with Crippen LogP contribution in [-0.2, 0) is 17.6 Å². The Labute approximate surface area is 160 Å². The van der Waals surface area contributed by atoms with Crippen LogP contribution in [-0.4, -0.2) is 24.7 Å². The van der Waals surface area contributed by atoms with Crippen LogP contribution in [0.5, 0.6) is 11.5 Å². The summed E-state index contributed by atoms with van der Waals surface area (Å²) in [6.45, 7) is 6.71. The van der Waals surface area contributed by atoms with Gasteiger partial charge in [0.05, 0.1) is 13.0 Å². The van der Waals surface area contributed by atoms with Gasteiger partial charge in [0.2, 0.25) is 5.91 Å². The van der Waals surface area contributed by atoms with Crippen molar-refractivity contribution in [2.75, 3.05) is 13.2 Å². The van der Waals surface area contributed by atoms with Crippen LogP contribution in [0.1, 0.15) is 30.5 Å². The largest absolute Gasteiger partial charge is 0.483 e. The lowest BCUT2D eigenvalue weighted by Gasteiger charge is -2.17. The third kappa shape index (κ3) is 5.27. The summed E-state index contributed by atoms with van der Waals surface area (Å²) >= 11 is 0. The molecule has 0 atom stereocenters. The average molecular weight is 363 g/mol. The second kappa shape index (κ2) is 8.18. The first kappa shape index (κ1) is 18.8. The molecule has 4 heteroatoms. The van der Waals surface area contributed by atoms with E-state index >= 15 is 0 Å². The zero-order valence-corrected chi connectivity index (χ0v) is 16.1. The minimum Gasteiger partial charge on any atom is -0.483 e. The molecule has 1 aliphatic rings. The predicted octanol–water partition coefficient (Wildman–Crippen LogP) is 3.45. The number of benzene rings is 2. The Kier molecular flexibility index (Phi) is 5.71. The summed E-state index contributed by atoms with van der Waals surface area (Å²) in [6, 6.07) is 13.9. The van der Waals surface area contributed by atoms with Crippen LogP contribution in [0.15, 0.2) is 42.5 Å². The lowest BCUT2D eigenvalue weighted by atomic mass is 10.0. The fourth-order valence-electron chi connectivity index (χ4n) is 3.14. The summed E-state index contributed by atoms with van der Waals surface area (Å²) in [7, 11) is 0. The molecular weight excluding hydrogens is 338 g/mol. The van der Waals surface area contributed by atoms with E-state index in [1.54, 1.807) is 0 Å². The minimum absolute atomic E-state index is 0.0349.